The molecule has 2 rings (SSSR count). The van der Waals surface area contributed by atoms with E-state index in [2.05, 4.69) is 10.6 Å². The minimum Gasteiger partial charge on any atom is -0.351 e. The first kappa shape index (κ1) is 30.1. The molecule has 6 amide bonds. The number of carbonyl (C=O) groups is 6. The van der Waals surface area contributed by atoms with Crippen LogP contribution in [0.15, 0.2) is 0 Å². The fourth-order valence-electron chi connectivity index (χ4n) is 3.79. The molecule has 0 radical (unpaired) electrons. The smallest absolute Gasteiger partial charge is 0.242 e. The van der Waals surface area contributed by atoms with Gasteiger partial charge in [-0.05, 0) is 41.5 Å². The van der Waals surface area contributed by atoms with Crippen molar-refractivity contribution < 1.29 is 28.8 Å². The van der Waals surface area contributed by atoms with Gasteiger partial charge in [-0.25, -0.2) is 0 Å². The molecule has 0 bridgehead atoms. The lowest BCUT2D eigenvalue weighted by molar-refractivity contribution is -0.143. The normalized spacial score (nSPS) is 20.9. The number of amides is 6. The third-order valence-corrected chi connectivity index (χ3v) is 7.70. The molecule has 2 atom stereocenters. The lowest BCUT2D eigenvalue weighted by Crippen LogP contribution is -2.42. The Balaban J connectivity index is 1.77. The quantitative estimate of drug-likeness (QED) is 0.374. The molecule has 0 aromatic heterocycles. The predicted octanol–water partition coefficient (Wildman–Crippen LogP) is 1.32. The molecule has 10 nitrogen and oxygen atoms in total. The fraction of sp³-hybridized carbons (Fsp3) is 0.750. The van der Waals surface area contributed by atoms with E-state index < -0.39 is 10.5 Å². The Morgan fingerprint density at radius 3 is 1.36 bits per heavy atom. The highest BCUT2D eigenvalue weighted by Crippen LogP contribution is 2.28. The van der Waals surface area contributed by atoms with Crippen molar-refractivity contribution in [1.82, 2.24) is 20.4 Å². The van der Waals surface area contributed by atoms with Crippen LogP contribution < -0.4 is 10.6 Å². The molecule has 2 fully saturated rings. The van der Waals surface area contributed by atoms with E-state index in [9.17, 15) is 28.8 Å². The fourth-order valence-corrected chi connectivity index (χ4v) is 6.02. The first-order chi connectivity index (χ1) is 16.6. The Bertz CT molecular complexity index is 824. The summed E-state index contributed by atoms with van der Waals surface area (Å²) in [6.45, 7) is 11.2. The van der Waals surface area contributed by atoms with Crippen LogP contribution in [0.5, 0.6) is 0 Å². The summed E-state index contributed by atoms with van der Waals surface area (Å²) in [5.41, 5.74) is -0.666. The molecule has 2 heterocycles. The van der Waals surface area contributed by atoms with Gasteiger partial charge in [0, 0.05) is 61.4 Å². The molecular formula is C24H38N4O6S2. The zero-order valence-electron chi connectivity index (χ0n) is 22.0. The number of likely N-dealkylation sites (tertiary alicyclic amines) is 2. The van der Waals surface area contributed by atoms with Crippen LogP contribution in [-0.2, 0) is 28.8 Å². The van der Waals surface area contributed by atoms with Crippen molar-refractivity contribution in [2.45, 2.75) is 88.8 Å². The molecule has 2 N–H and O–H groups in total. The zero-order chi connectivity index (χ0) is 27.3. The number of nitrogens with zero attached hydrogens (tertiary/aromatic N) is 2. The average molecular weight is 543 g/mol. The van der Waals surface area contributed by atoms with E-state index in [1.54, 1.807) is 0 Å². The first-order valence-corrected chi connectivity index (χ1v) is 14.2. The molecule has 2 saturated heterocycles. The number of rotatable bonds is 11. The van der Waals surface area contributed by atoms with Gasteiger partial charge in [-0.3, -0.25) is 38.6 Å². The van der Waals surface area contributed by atoms with E-state index in [0.717, 1.165) is 9.80 Å². The number of carbonyl (C=O) groups excluding carboxylic acids is 6. The van der Waals surface area contributed by atoms with Crippen LogP contribution in [0.2, 0.25) is 0 Å². The molecule has 0 spiro atoms. The zero-order valence-corrected chi connectivity index (χ0v) is 23.6. The van der Waals surface area contributed by atoms with Gasteiger partial charge >= 0.3 is 0 Å². The molecule has 12 heteroatoms. The van der Waals surface area contributed by atoms with Gasteiger partial charge in [-0.15, -0.1) is 23.5 Å². The number of imide groups is 2. The Hall–Kier alpha value is -2.08. The molecule has 202 valence electrons. The summed E-state index contributed by atoms with van der Waals surface area (Å²) in [5.74, 6) is -0.788. The van der Waals surface area contributed by atoms with Crippen molar-refractivity contribution in [2.24, 2.45) is 0 Å². The lowest BCUT2D eigenvalue weighted by atomic mass is 10.1. The van der Waals surface area contributed by atoms with Crippen LogP contribution in [-0.4, -0.2) is 91.4 Å². The van der Waals surface area contributed by atoms with Crippen molar-refractivity contribution in [3.63, 3.8) is 0 Å². The molecule has 0 aromatic rings. The highest BCUT2D eigenvalue weighted by atomic mass is 32.2. The highest BCUT2D eigenvalue weighted by Gasteiger charge is 2.42. The maximum Gasteiger partial charge on any atom is 0.242 e. The minimum absolute atomic E-state index is 0.0396. The maximum absolute atomic E-state index is 12.7. The van der Waals surface area contributed by atoms with Crippen LogP contribution in [0.1, 0.15) is 67.2 Å². The maximum atomic E-state index is 12.7. The van der Waals surface area contributed by atoms with Crippen molar-refractivity contribution in [2.75, 3.05) is 24.6 Å². The van der Waals surface area contributed by atoms with Crippen molar-refractivity contribution in [3.8, 4) is 0 Å². The SMILES string of the molecule is CC(C)(C)NC(=O)CCSC1CC(=O)N(CCN2C(=O)CC(SCCC(=O)NC(C)(C)C)C2=O)C1=O. The topological polar surface area (TPSA) is 133 Å². The number of hydrogen-bond acceptors (Lipinski definition) is 8. The van der Waals surface area contributed by atoms with Gasteiger partial charge in [-0.1, -0.05) is 0 Å². The van der Waals surface area contributed by atoms with E-state index in [0.29, 0.717) is 11.5 Å². The summed E-state index contributed by atoms with van der Waals surface area (Å²) < 4.78 is 0. The molecule has 0 aliphatic carbocycles. The first-order valence-electron chi connectivity index (χ1n) is 12.1. The van der Waals surface area contributed by atoms with Gasteiger partial charge in [0.15, 0.2) is 0 Å². The molecule has 0 saturated carbocycles. The molecule has 0 aromatic carbocycles. The van der Waals surface area contributed by atoms with Crippen molar-refractivity contribution in [1.29, 1.82) is 0 Å². The van der Waals surface area contributed by atoms with Crippen molar-refractivity contribution in [3.05, 3.63) is 0 Å². The number of nitrogens with one attached hydrogen (secondary N) is 2. The summed E-state index contributed by atoms with van der Waals surface area (Å²) in [6.07, 6.45) is 0.573. The summed E-state index contributed by atoms with van der Waals surface area (Å²) in [7, 11) is 0. The average Bonchev–Trinajstić information content (AvgIpc) is 3.12. The third kappa shape index (κ3) is 9.42. The van der Waals surface area contributed by atoms with Gasteiger partial charge in [0.25, 0.3) is 0 Å². The Morgan fingerprint density at radius 2 is 1.06 bits per heavy atom. The molecular weight excluding hydrogens is 504 g/mol. The number of hydrogen-bond donors (Lipinski definition) is 2. The minimum atomic E-state index is -0.563. The van der Waals surface area contributed by atoms with Gasteiger partial charge < -0.3 is 10.6 Å². The largest absolute Gasteiger partial charge is 0.351 e. The van der Waals surface area contributed by atoms with Crippen LogP contribution in [0.4, 0.5) is 0 Å². The second kappa shape index (κ2) is 12.4. The van der Waals surface area contributed by atoms with Crippen LogP contribution in [0, 0.1) is 0 Å². The highest BCUT2D eigenvalue weighted by molar-refractivity contribution is 8.00. The van der Waals surface area contributed by atoms with E-state index in [1.165, 1.54) is 23.5 Å². The predicted molar refractivity (Wildman–Crippen MR) is 140 cm³/mol. The molecule has 2 aliphatic heterocycles. The second-order valence-corrected chi connectivity index (χ2v) is 13.6. The lowest BCUT2D eigenvalue weighted by Gasteiger charge is -2.21. The van der Waals surface area contributed by atoms with Crippen LogP contribution in [0.25, 0.3) is 0 Å². The van der Waals surface area contributed by atoms with Gasteiger partial charge in [-0.2, -0.15) is 0 Å². The van der Waals surface area contributed by atoms with Gasteiger partial charge in [0.1, 0.15) is 0 Å². The third-order valence-electron chi connectivity index (χ3n) is 5.28. The Morgan fingerprint density at radius 1 is 0.722 bits per heavy atom. The van der Waals surface area contributed by atoms with E-state index in [-0.39, 0.29) is 85.3 Å². The molecule has 36 heavy (non-hydrogen) atoms. The standard InChI is InChI=1S/C24H38N4O6S2/c1-23(2,3)25-17(29)7-11-35-15-13-19(31)27(21(15)33)9-10-28-20(32)14-16(22(28)34)36-12-8-18(30)26-24(4,5)6/h15-16H,7-14H2,1-6H3,(H,25,29)(H,26,30). The summed E-state index contributed by atoms with van der Waals surface area (Å²) in [6, 6.07) is 0. The second-order valence-electron chi connectivity index (χ2n) is 11.0. The van der Waals surface area contributed by atoms with Crippen LogP contribution in [0.3, 0.4) is 0 Å². The van der Waals surface area contributed by atoms with E-state index >= 15 is 0 Å². The van der Waals surface area contributed by atoms with E-state index in [4.69, 9.17) is 0 Å². The molecule has 2 unspecified atom stereocenters. The van der Waals surface area contributed by atoms with Gasteiger partial charge in [0.2, 0.25) is 35.4 Å². The van der Waals surface area contributed by atoms with Crippen molar-refractivity contribution >= 4 is 59.0 Å². The van der Waals surface area contributed by atoms with Crippen LogP contribution >= 0.6 is 23.5 Å². The monoisotopic (exact) mass is 542 g/mol. The van der Waals surface area contributed by atoms with Gasteiger partial charge in [0.05, 0.1) is 10.5 Å². The Labute approximate surface area is 221 Å². The molecule has 2 aliphatic rings. The van der Waals surface area contributed by atoms with E-state index in [1.807, 2.05) is 41.5 Å². The Kier molecular flexibility index (Phi) is 10.4. The summed E-state index contributed by atoms with van der Waals surface area (Å²) >= 11 is 2.54. The number of thioether (sulfide) groups is 2. The summed E-state index contributed by atoms with van der Waals surface area (Å²) in [5, 5.41) is 4.59. The summed E-state index contributed by atoms with van der Waals surface area (Å²) in [4.78, 5) is 76.3.